The molecular formula is C46H46. The summed E-state index contributed by atoms with van der Waals surface area (Å²) < 4.78 is 0. The second-order valence-corrected chi connectivity index (χ2v) is 12.8. The van der Waals surface area contributed by atoms with Crippen LogP contribution in [-0.4, -0.2) is 0 Å². The summed E-state index contributed by atoms with van der Waals surface area (Å²) in [5.74, 6) is 1.79. The Balaban J connectivity index is 1.29. The molecule has 46 heavy (non-hydrogen) atoms. The van der Waals surface area contributed by atoms with Crippen molar-refractivity contribution < 1.29 is 0 Å². The Hall–Kier alpha value is -4.68. The van der Waals surface area contributed by atoms with Crippen molar-refractivity contribution in [1.82, 2.24) is 0 Å². The Kier molecular flexibility index (Phi) is 11.3. The number of hydrogen-bond donors (Lipinski definition) is 0. The summed E-state index contributed by atoms with van der Waals surface area (Å²) in [7, 11) is 0. The van der Waals surface area contributed by atoms with Crippen LogP contribution in [0.5, 0.6) is 0 Å². The van der Waals surface area contributed by atoms with Crippen molar-refractivity contribution >= 4 is 0 Å². The van der Waals surface area contributed by atoms with E-state index in [2.05, 4.69) is 182 Å². The maximum atomic E-state index is 2.36. The molecule has 0 spiro atoms. The molecule has 0 fully saturated rings. The maximum absolute atomic E-state index is 2.36. The number of benzene rings is 6. The van der Waals surface area contributed by atoms with Crippen LogP contribution < -0.4 is 0 Å². The molecule has 0 saturated carbocycles. The number of hydrogen-bond acceptors (Lipinski definition) is 0. The molecule has 0 bridgehead atoms. The zero-order valence-electron chi connectivity index (χ0n) is 26.9. The van der Waals surface area contributed by atoms with Crippen molar-refractivity contribution in [1.29, 1.82) is 0 Å². The summed E-state index contributed by atoms with van der Waals surface area (Å²) in [6.07, 6.45) is 6.79. The zero-order valence-corrected chi connectivity index (χ0v) is 26.9. The van der Waals surface area contributed by atoms with E-state index in [0.29, 0.717) is 23.7 Å². The molecule has 0 aliphatic rings. The number of aryl methyl sites for hydroxylation is 1. The van der Waals surface area contributed by atoms with Gasteiger partial charge in [-0.25, -0.2) is 0 Å². The van der Waals surface area contributed by atoms with Gasteiger partial charge < -0.3 is 0 Å². The third-order valence-corrected chi connectivity index (χ3v) is 9.78. The fourth-order valence-corrected chi connectivity index (χ4v) is 7.32. The highest BCUT2D eigenvalue weighted by Crippen LogP contribution is 2.42. The molecule has 0 heterocycles. The van der Waals surface area contributed by atoms with Gasteiger partial charge in [0, 0.05) is 5.92 Å². The lowest BCUT2D eigenvalue weighted by molar-refractivity contribution is 0.427. The third kappa shape index (κ3) is 8.73. The first-order valence-electron chi connectivity index (χ1n) is 17.1. The monoisotopic (exact) mass is 598 g/mol. The van der Waals surface area contributed by atoms with Crippen molar-refractivity contribution in [2.75, 3.05) is 0 Å². The van der Waals surface area contributed by atoms with Crippen LogP contribution in [-0.2, 0) is 6.42 Å². The van der Waals surface area contributed by atoms with Crippen molar-refractivity contribution in [2.45, 2.75) is 62.2 Å². The first kappa shape index (κ1) is 31.3. The van der Waals surface area contributed by atoms with Crippen LogP contribution in [0.3, 0.4) is 0 Å². The van der Waals surface area contributed by atoms with E-state index in [1.807, 2.05) is 0 Å². The smallest absolute Gasteiger partial charge is 0.00895 e. The summed E-state index contributed by atoms with van der Waals surface area (Å²) >= 11 is 0. The largest absolute Gasteiger partial charge is 0.0622 e. The molecule has 0 amide bonds. The minimum atomic E-state index is 0.381. The van der Waals surface area contributed by atoms with Crippen LogP contribution in [0.4, 0.5) is 0 Å². The summed E-state index contributed by atoms with van der Waals surface area (Å²) in [4.78, 5) is 0. The predicted octanol–water partition coefficient (Wildman–Crippen LogP) is 12.4. The molecule has 0 saturated heterocycles. The molecular weight excluding hydrogens is 553 g/mol. The van der Waals surface area contributed by atoms with Crippen molar-refractivity contribution in [3.8, 4) is 0 Å². The van der Waals surface area contributed by atoms with Crippen LogP contribution in [0, 0.1) is 0 Å². The fraction of sp³-hybridized carbons (Fsp3) is 0.217. The van der Waals surface area contributed by atoms with Gasteiger partial charge in [-0.15, -0.1) is 0 Å². The van der Waals surface area contributed by atoms with Crippen molar-refractivity contribution in [3.63, 3.8) is 0 Å². The Labute approximate surface area is 276 Å². The average Bonchev–Trinajstić information content (AvgIpc) is 3.14. The van der Waals surface area contributed by atoms with Crippen LogP contribution in [0.15, 0.2) is 182 Å². The Bertz CT molecular complexity index is 1620. The van der Waals surface area contributed by atoms with E-state index in [-0.39, 0.29) is 0 Å². The molecule has 6 aromatic carbocycles. The normalized spacial score (nSPS) is 13.2. The molecule has 0 aliphatic carbocycles. The molecule has 0 radical (unpaired) electrons. The van der Waals surface area contributed by atoms with Gasteiger partial charge in [-0.05, 0) is 89.7 Å². The van der Waals surface area contributed by atoms with Gasteiger partial charge in [-0.1, -0.05) is 182 Å². The Morgan fingerprint density at radius 3 is 1.02 bits per heavy atom. The molecule has 3 atom stereocenters. The van der Waals surface area contributed by atoms with Crippen molar-refractivity contribution in [3.05, 3.63) is 215 Å². The summed E-state index contributed by atoms with van der Waals surface area (Å²) in [5.41, 5.74) is 8.63. The Morgan fingerprint density at radius 1 is 0.283 bits per heavy atom. The standard InChI is InChI=1S/C46H46/c1-7-19-37(20-8-1)31-32-43(38-21-9-2-10-22-38)35-45(40-25-13-4-14-26-40)36-44(39-23-11-3-12-24-39)33-34-46(41-27-15-5-16-28-41)42-29-17-6-18-30-42/h1-30,43-46H,31-36H2. The van der Waals surface area contributed by atoms with E-state index in [0.717, 1.165) is 38.5 Å². The number of rotatable bonds is 15. The highest BCUT2D eigenvalue weighted by molar-refractivity contribution is 5.33. The molecule has 3 unspecified atom stereocenters. The van der Waals surface area contributed by atoms with Gasteiger partial charge in [0.15, 0.2) is 0 Å². The van der Waals surface area contributed by atoms with Crippen LogP contribution in [0.1, 0.15) is 89.2 Å². The van der Waals surface area contributed by atoms with Crippen LogP contribution >= 0.6 is 0 Å². The van der Waals surface area contributed by atoms with Crippen molar-refractivity contribution in [2.24, 2.45) is 0 Å². The molecule has 230 valence electrons. The van der Waals surface area contributed by atoms with Gasteiger partial charge in [0.2, 0.25) is 0 Å². The fourth-order valence-electron chi connectivity index (χ4n) is 7.32. The third-order valence-electron chi connectivity index (χ3n) is 9.78. The molecule has 0 aromatic heterocycles. The molecule has 0 nitrogen and oxygen atoms in total. The summed E-state index contributed by atoms with van der Waals surface area (Å²) in [5, 5.41) is 0. The minimum absolute atomic E-state index is 0.381. The van der Waals surface area contributed by atoms with Gasteiger partial charge in [-0.3, -0.25) is 0 Å². The highest BCUT2D eigenvalue weighted by atomic mass is 14.3. The second kappa shape index (κ2) is 16.6. The first-order valence-corrected chi connectivity index (χ1v) is 17.1. The van der Waals surface area contributed by atoms with E-state index in [9.17, 15) is 0 Å². The van der Waals surface area contributed by atoms with E-state index in [4.69, 9.17) is 0 Å². The van der Waals surface area contributed by atoms with Gasteiger partial charge >= 0.3 is 0 Å². The minimum Gasteiger partial charge on any atom is -0.0622 e. The summed E-state index contributed by atoms with van der Waals surface area (Å²) in [6.45, 7) is 0. The molecule has 6 aromatic rings. The van der Waals surface area contributed by atoms with Crippen LogP contribution in [0.25, 0.3) is 0 Å². The van der Waals surface area contributed by atoms with Gasteiger partial charge in [0.25, 0.3) is 0 Å². The first-order chi connectivity index (χ1) is 22.8. The quantitative estimate of drug-likeness (QED) is 0.110. The maximum Gasteiger partial charge on any atom is 0.00895 e. The van der Waals surface area contributed by atoms with E-state index in [1.54, 1.807) is 0 Å². The second-order valence-electron chi connectivity index (χ2n) is 12.8. The average molecular weight is 599 g/mol. The lowest BCUT2D eigenvalue weighted by Crippen LogP contribution is -2.13. The van der Waals surface area contributed by atoms with E-state index < -0.39 is 0 Å². The molecule has 6 rings (SSSR count). The zero-order chi connectivity index (χ0) is 31.2. The van der Waals surface area contributed by atoms with E-state index >= 15 is 0 Å². The molecule has 0 heteroatoms. The SMILES string of the molecule is c1ccc(CCC(CC(CC(CCC(c2ccccc2)c2ccccc2)c2ccccc2)c2ccccc2)c2ccccc2)cc1. The lowest BCUT2D eigenvalue weighted by Gasteiger charge is -2.30. The highest BCUT2D eigenvalue weighted by Gasteiger charge is 2.25. The molecule has 0 N–H and O–H groups in total. The van der Waals surface area contributed by atoms with Gasteiger partial charge in [0.05, 0.1) is 0 Å². The summed E-state index contributed by atoms with van der Waals surface area (Å²) in [6, 6.07) is 67.1. The topological polar surface area (TPSA) is 0 Å². The van der Waals surface area contributed by atoms with Gasteiger partial charge in [-0.2, -0.15) is 0 Å². The Morgan fingerprint density at radius 2 is 0.609 bits per heavy atom. The van der Waals surface area contributed by atoms with E-state index in [1.165, 1.54) is 33.4 Å². The van der Waals surface area contributed by atoms with Crippen LogP contribution in [0.2, 0.25) is 0 Å². The van der Waals surface area contributed by atoms with Gasteiger partial charge in [0.1, 0.15) is 0 Å². The predicted molar refractivity (Wildman–Crippen MR) is 196 cm³/mol. The lowest BCUT2D eigenvalue weighted by atomic mass is 9.75. The molecule has 0 aliphatic heterocycles.